The van der Waals surface area contributed by atoms with E-state index in [9.17, 15) is 0 Å². The van der Waals surface area contributed by atoms with E-state index >= 15 is 0 Å². The van der Waals surface area contributed by atoms with Crippen LogP contribution in [0.2, 0.25) is 0 Å². The van der Waals surface area contributed by atoms with Crippen LogP contribution in [0.3, 0.4) is 0 Å². The molecule has 350 valence electrons. The molecule has 1 unspecified atom stereocenters. The van der Waals surface area contributed by atoms with Gasteiger partial charge >= 0.3 is 0 Å². The lowest BCUT2D eigenvalue weighted by molar-refractivity contribution is 0.444. The van der Waals surface area contributed by atoms with E-state index in [0.29, 0.717) is 29.6 Å². The van der Waals surface area contributed by atoms with Crippen molar-refractivity contribution >= 4 is 50.0 Å². The van der Waals surface area contributed by atoms with Crippen molar-refractivity contribution < 1.29 is 0 Å². The van der Waals surface area contributed by atoms with Gasteiger partial charge in [0.25, 0.3) is 0 Å². The molecule has 0 bridgehead atoms. The average Bonchev–Trinajstić information content (AvgIpc) is 3.32. The maximum Gasteiger partial charge on any atom is 0.0620 e. The lowest BCUT2D eigenvalue weighted by Crippen LogP contribution is -2.26. The molecule has 0 N–H and O–H groups in total. The van der Waals surface area contributed by atoms with Crippen molar-refractivity contribution in [3.05, 3.63) is 160 Å². The third kappa shape index (κ3) is 9.67. The van der Waals surface area contributed by atoms with Crippen LogP contribution in [-0.4, -0.2) is 0 Å². The zero-order valence-corrected chi connectivity index (χ0v) is 43.1. The molecule has 3 aliphatic carbocycles. The first-order valence-electron chi connectivity index (χ1n) is 26.4. The van der Waals surface area contributed by atoms with Gasteiger partial charge in [0, 0.05) is 50.2 Å². The molecule has 2 saturated carbocycles. The first kappa shape index (κ1) is 47.0. The molecule has 0 heterocycles. The predicted octanol–water partition coefficient (Wildman–Crippen LogP) is 20.1. The highest BCUT2D eigenvalue weighted by Crippen LogP contribution is 2.54. The molecule has 0 aliphatic heterocycles. The lowest BCUT2D eigenvalue weighted by atomic mass is 9.77. The number of allylic oxidation sites excluding steroid dienone is 4. The van der Waals surface area contributed by atoms with Gasteiger partial charge in [-0.15, -0.1) is 0 Å². The van der Waals surface area contributed by atoms with Crippen LogP contribution in [0.5, 0.6) is 0 Å². The zero-order chi connectivity index (χ0) is 47.2. The topological polar surface area (TPSA) is 6.48 Å². The molecule has 1 atom stereocenters. The molecule has 0 saturated heterocycles. The van der Waals surface area contributed by atoms with Gasteiger partial charge in [-0.1, -0.05) is 187 Å². The minimum Gasteiger partial charge on any atom is -0.313 e. The van der Waals surface area contributed by atoms with Crippen molar-refractivity contribution in [1.82, 2.24) is 0 Å². The monoisotopic (exact) mass is 889 g/mol. The van der Waals surface area contributed by atoms with Gasteiger partial charge in [0.1, 0.15) is 0 Å². The minimum absolute atomic E-state index is 0.0539. The third-order valence-electron chi connectivity index (χ3n) is 16.0. The van der Waals surface area contributed by atoms with E-state index in [-0.39, 0.29) is 10.8 Å². The highest BCUT2D eigenvalue weighted by molar-refractivity contribution is 6.23. The van der Waals surface area contributed by atoms with Crippen LogP contribution >= 0.6 is 0 Å². The fourth-order valence-corrected chi connectivity index (χ4v) is 11.7. The van der Waals surface area contributed by atoms with Crippen molar-refractivity contribution in [3.8, 4) is 0 Å². The number of benzene rings is 6. The Morgan fingerprint density at radius 3 is 1.27 bits per heavy atom. The molecule has 2 fully saturated rings. The van der Waals surface area contributed by atoms with E-state index in [4.69, 9.17) is 0 Å². The SMILES string of the molecule is CC1CC(C(C)(C)C)=CC=C1N(c1ccc(C(C)C)cc1)c1c2cc(C3CCCCC3)ccc2c(N(c2ccc(C(C)C)cc2)c2ccc(C(C)(C)C)cc2)c2cc(C3CCCCC3)ccc12. The molecule has 0 spiro atoms. The summed E-state index contributed by atoms with van der Waals surface area (Å²) in [4.78, 5) is 5.34. The second-order valence-electron chi connectivity index (χ2n) is 23.6. The van der Waals surface area contributed by atoms with E-state index in [1.165, 1.54) is 153 Å². The summed E-state index contributed by atoms with van der Waals surface area (Å²) in [6.45, 7) is 25.8. The van der Waals surface area contributed by atoms with Crippen LogP contribution in [0.4, 0.5) is 28.4 Å². The third-order valence-corrected chi connectivity index (χ3v) is 16.0. The number of hydrogen-bond donors (Lipinski definition) is 0. The second kappa shape index (κ2) is 19.1. The Kier molecular flexibility index (Phi) is 13.4. The molecule has 0 amide bonds. The molecule has 3 aliphatic rings. The molecule has 9 rings (SSSR count). The van der Waals surface area contributed by atoms with E-state index in [0.717, 1.165) is 6.42 Å². The van der Waals surface area contributed by atoms with Crippen molar-refractivity contribution in [2.45, 2.75) is 176 Å². The number of hydrogen-bond acceptors (Lipinski definition) is 2. The zero-order valence-electron chi connectivity index (χ0n) is 43.1. The number of fused-ring (bicyclic) bond motifs is 2. The number of anilines is 5. The van der Waals surface area contributed by atoms with Crippen LogP contribution in [0, 0.1) is 11.3 Å². The fourth-order valence-electron chi connectivity index (χ4n) is 11.7. The van der Waals surface area contributed by atoms with Crippen LogP contribution in [0.25, 0.3) is 21.5 Å². The molecule has 2 heteroatoms. The summed E-state index contributed by atoms with van der Waals surface area (Å²) in [7, 11) is 0. The van der Waals surface area contributed by atoms with Crippen LogP contribution in [0.1, 0.15) is 198 Å². The van der Waals surface area contributed by atoms with Gasteiger partial charge in [-0.2, -0.15) is 0 Å². The van der Waals surface area contributed by atoms with Crippen molar-refractivity contribution in [3.63, 3.8) is 0 Å². The largest absolute Gasteiger partial charge is 0.313 e. The van der Waals surface area contributed by atoms with Crippen molar-refractivity contribution in [2.75, 3.05) is 9.80 Å². The summed E-state index contributed by atoms with van der Waals surface area (Å²) in [5, 5.41) is 5.32. The maximum absolute atomic E-state index is 2.71. The molecular weight excluding hydrogens is 809 g/mol. The van der Waals surface area contributed by atoms with Crippen molar-refractivity contribution in [1.29, 1.82) is 0 Å². The molecular formula is C65H80N2. The Bertz CT molecular complexity index is 2740. The summed E-state index contributed by atoms with van der Waals surface area (Å²) < 4.78 is 0. The quantitative estimate of drug-likeness (QED) is 0.0999. The Labute approximate surface area is 405 Å². The van der Waals surface area contributed by atoms with E-state index in [1.807, 2.05) is 0 Å². The Balaban J connectivity index is 1.42. The summed E-state index contributed by atoms with van der Waals surface area (Å²) in [5.41, 5.74) is 16.4. The van der Waals surface area contributed by atoms with Gasteiger partial charge in [0.2, 0.25) is 0 Å². The molecule has 0 aromatic heterocycles. The van der Waals surface area contributed by atoms with Crippen molar-refractivity contribution in [2.24, 2.45) is 11.3 Å². The number of rotatable bonds is 10. The predicted molar refractivity (Wildman–Crippen MR) is 293 cm³/mol. The van der Waals surface area contributed by atoms with Gasteiger partial charge < -0.3 is 9.80 Å². The van der Waals surface area contributed by atoms with Gasteiger partial charge in [-0.3, -0.25) is 0 Å². The highest BCUT2D eigenvalue weighted by Gasteiger charge is 2.32. The molecule has 2 nitrogen and oxygen atoms in total. The number of nitrogens with zero attached hydrogens (tertiary/aromatic N) is 2. The van der Waals surface area contributed by atoms with Crippen LogP contribution in [0.15, 0.2) is 133 Å². The Hall–Kier alpha value is -5.08. The van der Waals surface area contributed by atoms with E-state index in [2.05, 4.69) is 207 Å². The molecule has 0 radical (unpaired) electrons. The second-order valence-corrected chi connectivity index (χ2v) is 23.6. The maximum atomic E-state index is 2.71. The van der Waals surface area contributed by atoms with Gasteiger partial charge in [0.05, 0.1) is 11.4 Å². The van der Waals surface area contributed by atoms with Crippen LogP contribution < -0.4 is 9.80 Å². The first-order valence-corrected chi connectivity index (χ1v) is 26.4. The van der Waals surface area contributed by atoms with E-state index in [1.54, 1.807) is 0 Å². The fraction of sp³-hybridized carbons (Fsp3) is 0.446. The first-order chi connectivity index (χ1) is 32.1. The summed E-state index contributed by atoms with van der Waals surface area (Å²) in [6, 6.07) is 44.1. The summed E-state index contributed by atoms with van der Waals surface area (Å²) in [6.07, 6.45) is 19.0. The Morgan fingerprint density at radius 2 is 0.866 bits per heavy atom. The van der Waals surface area contributed by atoms with Gasteiger partial charge in [0.15, 0.2) is 0 Å². The Morgan fingerprint density at radius 1 is 0.448 bits per heavy atom. The van der Waals surface area contributed by atoms with Gasteiger partial charge in [-0.25, -0.2) is 0 Å². The average molecular weight is 889 g/mol. The normalized spacial score (nSPS) is 17.9. The van der Waals surface area contributed by atoms with Crippen LogP contribution in [-0.2, 0) is 5.41 Å². The minimum atomic E-state index is 0.0539. The highest BCUT2D eigenvalue weighted by atomic mass is 15.2. The molecule has 6 aromatic carbocycles. The van der Waals surface area contributed by atoms with E-state index < -0.39 is 0 Å². The summed E-state index contributed by atoms with van der Waals surface area (Å²) >= 11 is 0. The summed E-state index contributed by atoms with van der Waals surface area (Å²) in [5.74, 6) is 2.40. The molecule has 67 heavy (non-hydrogen) atoms. The molecule has 6 aromatic rings. The smallest absolute Gasteiger partial charge is 0.0620 e. The standard InChI is InChI=1S/C65H80N2/c1-43(2)46-22-31-54(32-23-46)66(55-35-28-52(29-36-55)64(6,7)8)62-57-37-26-51(49-20-16-13-17-21-49)42-60(57)63(58-38-27-50(41-59(58)62)48-18-14-12-15-19-48)67(56-33-24-47(25-34-56)44(3)4)61-39-30-53(40-45(61)5)65(9,10)11/h22-39,41-45,48-49H,12-21,40H2,1-11H3. The van der Waals surface area contributed by atoms with Gasteiger partial charge in [-0.05, 0) is 149 Å². The lowest BCUT2D eigenvalue weighted by Gasteiger charge is -2.38.